The number of hydrogen-bond donors (Lipinski definition) is 1. The second kappa shape index (κ2) is 7.43. The Labute approximate surface area is 125 Å². The fraction of sp³-hybridized carbons (Fsp3) is 0.294. The molecule has 1 aromatic heterocycles. The van der Waals surface area contributed by atoms with E-state index in [-0.39, 0.29) is 5.91 Å². The molecule has 0 bridgehead atoms. The number of unbranched alkanes of at least 4 members (excludes halogenated alkanes) is 1. The summed E-state index contributed by atoms with van der Waals surface area (Å²) in [7, 11) is 1.76. The predicted octanol–water partition coefficient (Wildman–Crippen LogP) is 3.57. The van der Waals surface area contributed by atoms with Gasteiger partial charge in [-0.1, -0.05) is 31.5 Å². The molecule has 110 valence electrons. The van der Waals surface area contributed by atoms with Gasteiger partial charge in [-0.05, 0) is 30.7 Å². The monoisotopic (exact) mass is 283 g/mol. The third kappa shape index (κ3) is 4.05. The molecule has 0 saturated heterocycles. The number of para-hydroxylation sites is 1. The zero-order chi connectivity index (χ0) is 15.1. The van der Waals surface area contributed by atoms with Gasteiger partial charge >= 0.3 is 0 Å². The summed E-state index contributed by atoms with van der Waals surface area (Å²) in [5, 5.41) is 3.29. The summed E-state index contributed by atoms with van der Waals surface area (Å²) in [4.78, 5) is 18.2. The molecule has 0 aliphatic heterocycles. The Hall–Kier alpha value is -2.36. The van der Waals surface area contributed by atoms with Gasteiger partial charge in [-0.25, -0.2) is 4.98 Å². The smallest absolute Gasteiger partial charge is 0.276 e. The highest BCUT2D eigenvalue weighted by Crippen LogP contribution is 2.15. The van der Waals surface area contributed by atoms with E-state index in [0.29, 0.717) is 5.69 Å². The van der Waals surface area contributed by atoms with Crippen LogP contribution in [0.1, 0.15) is 30.3 Å². The van der Waals surface area contributed by atoms with Crippen LogP contribution in [0.3, 0.4) is 0 Å². The molecule has 0 radical (unpaired) electrons. The Kier molecular flexibility index (Phi) is 5.32. The van der Waals surface area contributed by atoms with Gasteiger partial charge < -0.3 is 10.2 Å². The quantitative estimate of drug-likeness (QED) is 0.824. The number of carbonyl (C=O) groups excluding carboxylic acids is 1. The summed E-state index contributed by atoms with van der Waals surface area (Å²) in [5.74, 6) is -0.110. The Balaban J connectivity index is 2.03. The van der Waals surface area contributed by atoms with E-state index in [4.69, 9.17) is 0 Å². The summed E-state index contributed by atoms with van der Waals surface area (Å²) < 4.78 is 0. The Bertz CT molecular complexity index is 566. The van der Waals surface area contributed by atoms with Crippen molar-refractivity contribution in [2.45, 2.75) is 19.8 Å². The normalized spacial score (nSPS) is 10.2. The largest absolute Gasteiger partial charge is 0.384 e. The van der Waals surface area contributed by atoms with Crippen LogP contribution in [0.25, 0.3) is 0 Å². The lowest BCUT2D eigenvalue weighted by molar-refractivity contribution is 0.0988. The van der Waals surface area contributed by atoms with Crippen LogP contribution < -0.4 is 10.2 Å². The van der Waals surface area contributed by atoms with Crippen molar-refractivity contribution in [3.8, 4) is 0 Å². The highest BCUT2D eigenvalue weighted by atomic mass is 16.2. The summed E-state index contributed by atoms with van der Waals surface area (Å²) in [6.45, 7) is 3.08. The summed E-state index contributed by atoms with van der Waals surface area (Å²) >= 11 is 0. The predicted molar refractivity (Wildman–Crippen MR) is 86.8 cm³/mol. The highest BCUT2D eigenvalue weighted by Gasteiger charge is 2.14. The van der Waals surface area contributed by atoms with E-state index in [0.717, 1.165) is 30.8 Å². The molecule has 1 amide bonds. The fourth-order valence-electron chi connectivity index (χ4n) is 1.98. The van der Waals surface area contributed by atoms with Crippen molar-refractivity contribution >= 4 is 17.3 Å². The minimum Gasteiger partial charge on any atom is -0.384 e. The molecule has 1 N–H and O–H groups in total. The number of rotatable bonds is 6. The second-order valence-electron chi connectivity index (χ2n) is 4.91. The maximum Gasteiger partial charge on any atom is 0.276 e. The first-order valence-electron chi connectivity index (χ1n) is 7.25. The lowest BCUT2D eigenvalue weighted by Gasteiger charge is -2.16. The number of aromatic nitrogens is 1. The number of nitrogens with one attached hydrogen (secondary N) is 1. The van der Waals surface area contributed by atoms with Crippen molar-refractivity contribution in [1.82, 2.24) is 4.98 Å². The van der Waals surface area contributed by atoms with E-state index in [9.17, 15) is 4.79 Å². The van der Waals surface area contributed by atoms with E-state index in [1.54, 1.807) is 24.2 Å². The molecule has 0 spiro atoms. The number of benzene rings is 1. The first-order chi connectivity index (χ1) is 10.2. The molecule has 1 heterocycles. The van der Waals surface area contributed by atoms with Gasteiger partial charge in [-0.3, -0.25) is 4.79 Å². The van der Waals surface area contributed by atoms with Crippen molar-refractivity contribution in [3.05, 3.63) is 54.4 Å². The topological polar surface area (TPSA) is 45.2 Å². The van der Waals surface area contributed by atoms with E-state index >= 15 is 0 Å². The second-order valence-corrected chi connectivity index (χ2v) is 4.91. The van der Waals surface area contributed by atoms with Gasteiger partial charge in [0.25, 0.3) is 5.91 Å². The summed E-state index contributed by atoms with van der Waals surface area (Å²) in [6, 6.07) is 13.2. The molecule has 4 nitrogen and oxygen atoms in total. The lowest BCUT2D eigenvalue weighted by Crippen LogP contribution is -2.26. The number of hydrogen-bond acceptors (Lipinski definition) is 3. The Morgan fingerprint density at radius 1 is 1.19 bits per heavy atom. The molecular weight excluding hydrogens is 262 g/mol. The summed E-state index contributed by atoms with van der Waals surface area (Å²) in [5.41, 5.74) is 2.25. The van der Waals surface area contributed by atoms with E-state index < -0.39 is 0 Å². The average molecular weight is 283 g/mol. The van der Waals surface area contributed by atoms with Crippen molar-refractivity contribution in [2.75, 3.05) is 23.8 Å². The van der Waals surface area contributed by atoms with Gasteiger partial charge in [0.05, 0.1) is 11.9 Å². The maximum absolute atomic E-state index is 12.4. The number of amides is 1. The number of carbonyl (C=O) groups is 1. The molecule has 1 aromatic carbocycles. The molecule has 2 rings (SSSR count). The van der Waals surface area contributed by atoms with E-state index in [1.165, 1.54) is 0 Å². The van der Waals surface area contributed by atoms with Gasteiger partial charge in [0, 0.05) is 19.3 Å². The maximum atomic E-state index is 12.4. The third-order valence-corrected chi connectivity index (χ3v) is 3.29. The van der Waals surface area contributed by atoms with Crippen molar-refractivity contribution < 1.29 is 4.79 Å². The lowest BCUT2D eigenvalue weighted by atomic mass is 10.2. The van der Waals surface area contributed by atoms with Crippen LogP contribution in [0.2, 0.25) is 0 Å². The molecule has 0 unspecified atom stereocenters. The summed E-state index contributed by atoms with van der Waals surface area (Å²) in [6.07, 6.45) is 3.98. The van der Waals surface area contributed by atoms with E-state index in [2.05, 4.69) is 17.2 Å². The average Bonchev–Trinajstić information content (AvgIpc) is 2.55. The van der Waals surface area contributed by atoms with Crippen LogP contribution in [0.15, 0.2) is 48.7 Å². The van der Waals surface area contributed by atoms with Crippen molar-refractivity contribution in [3.63, 3.8) is 0 Å². The molecule has 0 aliphatic carbocycles. The molecular formula is C17H21N3O. The van der Waals surface area contributed by atoms with Gasteiger partial charge in [0.15, 0.2) is 0 Å². The van der Waals surface area contributed by atoms with Crippen LogP contribution in [0.4, 0.5) is 11.4 Å². The van der Waals surface area contributed by atoms with Crippen LogP contribution in [-0.2, 0) is 0 Å². The molecule has 2 aromatic rings. The van der Waals surface area contributed by atoms with Crippen molar-refractivity contribution in [2.24, 2.45) is 0 Å². The van der Waals surface area contributed by atoms with Crippen LogP contribution >= 0.6 is 0 Å². The van der Waals surface area contributed by atoms with Gasteiger partial charge in [-0.15, -0.1) is 0 Å². The van der Waals surface area contributed by atoms with Crippen LogP contribution in [0, 0.1) is 0 Å². The SMILES string of the molecule is CCCCNc1ccc(C(=O)N(C)c2ccccc2)nc1. The fourth-order valence-corrected chi connectivity index (χ4v) is 1.98. The van der Waals surface area contributed by atoms with Gasteiger partial charge in [0.2, 0.25) is 0 Å². The first kappa shape index (κ1) is 15.0. The molecule has 0 fully saturated rings. The number of pyridine rings is 1. The third-order valence-electron chi connectivity index (χ3n) is 3.29. The van der Waals surface area contributed by atoms with Crippen LogP contribution in [0.5, 0.6) is 0 Å². The van der Waals surface area contributed by atoms with E-state index in [1.807, 2.05) is 36.4 Å². The molecule has 0 aliphatic rings. The first-order valence-corrected chi connectivity index (χ1v) is 7.25. The molecule has 21 heavy (non-hydrogen) atoms. The van der Waals surface area contributed by atoms with Crippen molar-refractivity contribution in [1.29, 1.82) is 0 Å². The highest BCUT2D eigenvalue weighted by molar-refractivity contribution is 6.04. The van der Waals surface area contributed by atoms with Gasteiger partial charge in [0.1, 0.15) is 5.69 Å². The van der Waals surface area contributed by atoms with Crippen LogP contribution in [-0.4, -0.2) is 24.5 Å². The Morgan fingerprint density at radius 3 is 2.57 bits per heavy atom. The zero-order valence-electron chi connectivity index (χ0n) is 12.5. The molecule has 0 atom stereocenters. The minimum atomic E-state index is -0.110. The zero-order valence-corrected chi connectivity index (χ0v) is 12.5. The number of nitrogens with zero attached hydrogens (tertiary/aromatic N) is 2. The van der Waals surface area contributed by atoms with Gasteiger partial charge in [-0.2, -0.15) is 0 Å². The molecule has 4 heteroatoms. The standard InChI is InChI=1S/C17H21N3O/c1-3-4-12-18-14-10-11-16(19-13-14)17(21)20(2)15-8-6-5-7-9-15/h5-11,13,18H,3-4,12H2,1-2H3. The molecule has 0 saturated carbocycles. The Morgan fingerprint density at radius 2 is 1.95 bits per heavy atom. The minimum absolute atomic E-state index is 0.110. The number of anilines is 2.